The average molecular weight is 624 g/mol. The first-order valence-corrected chi connectivity index (χ1v) is 14.7. The summed E-state index contributed by atoms with van der Waals surface area (Å²) < 4.78 is 26.2. The molecule has 39 heavy (non-hydrogen) atoms. The van der Waals surface area contributed by atoms with E-state index in [4.69, 9.17) is 35.2 Å². The minimum absolute atomic E-state index is 0.0458. The van der Waals surface area contributed by atoms with Crippen LogP contribution in [0.25, 0.3) is 10.9 Å². The van der Waals surface area contributed by atoms with Gasteiger partial charge in [-0.05, 0) is 87.4 Å². The van der Waals surface area contributed by atoms with E-state index >= 15 is 0 Å². The molecular formula is C28H36BrClN4O5. The van der Waals surface area contributed by atoms with Crippen LogP contribution in [0.3, 0.4) is 0 Å². The molecule has 212 valence electrons. The Morgan fingerprint density at radius 3 is 2.85 bits per heavy atom. The van der Waals surface area contributed by atoms with Crippen molar-refractivity contribution in [1.29, 1.82) is 0 Å². The van der Waals surface area contributed by atoms with Gasteiger partial charge >= 0.3 is 6.09 Å². The van der Waals surface area contributed by atoms with Crippen LogP contribution in [0, 0.1) is 0 Å². The molecule has 0 N–H and O–H groups in total. The van der Waals surface area contributed by atoms with Crippen molar-refractivity contribution in [2.24, 2.45) is 0 Å². The predicted octanol–water partition coefficient (Wildman–Crippen LogP) is 6.80. The molecule has 0 spiro atoms. The van der Waals surface area contributed by atoms with Gasteiger partial charge in [-0.25, -0.2) is 14.5 Å². The highest BCUT2D eigenvalue weighted by atomic mass is 79.9. The van der Waals surface area contributed by atoms with Crippen molar-refractivity contribution in [2.45, 2.75) is 83.6 Å². The minimum Gasteiger partial charge on any atom is -0.449 e. The van der Waals surface area contributed by atoms with Gasteiger partial charge in [-0.2, -0.15) is 5.10 Å². The van der Waals surface area contributed by atoms with Crippen molar-refractivity contribution in [3.63, 3.8) is 0 Å². The molecular weight excluding hydrogens is 588 g/mol. The van der Waals surface area contributed by atoms with E-state index in [0.29, 0.717) is 42.7 Å². The Kier molecular flexibility index (Phi) is 8.29. The molecule has 2 aliphatic rings. The van der Waals surface area contributed by atoms with Crippen molar-refractivity contribution < 1.29 is 23.4 Å². The quantitative estimate of drug-likeness (QED) is 0.298. The van der Waals surface area contributed by atoms with Gasteiger partial charge in [0.25, 0.3) is 0 Å². The number of fused-ring (bicyclic) bond motifs is 1. The molecule has 2 aromatic heterocycles. The van der Waals surface area contributed by atoms with Crippen molar-refractivity contribution in [3.05, 3.63) is 45.2 Å². The van der Waals surface area contributed by atoms with Gasteiger partial charge in [-0.15, -0.1) is 0 Å². The third-order valence-electron chi connectivity index (χ3n) is 7.15. The Bertz CT molecular complexity index is 1330. The number of ether oxygens (including phenoxy) is 3. The zero-order valence-corrected chi connectivity index (χ0v) is 25.3. The van der Waals surface area contributed by atoms with Crippen LogP contribution in [0.15, 0.2) is 27.4 Å². The third-order valence-corrected chi connectivity index (χ3v) is 8.40. The monoisotopic (exact) mass is 622 g/mol. The number of carbonyl (C=O) groups is 1. The number of amides is 1. The van der Waals surface area contributed by atoms with Gasteiger partial charge in [-0.1, -0.05) is 11.6 Å². The van der Waals surface area contributed by atoms with Gasteiger partial charge in [0.15, 0.2) is 12.1 Å². The number of oxazole rings is 1. The lowest BCUT2D eigenvalue weighted by molar-refractivity contribution is -0.105. The fourth-order valence-corrected chi connectivity index (χ4v) is 6.25. The summed E-state index contributed by atoms with van der Waals surface area (Å²) in [5.74, 6) is 0.625. The van der Waals surface area contributed by atoms with Gasteiger partial charge in [0.05, 0.1) is 24.9 Å². The van der Waals surface area contributed by atoms with Crippen molar-refractivity contribution in [3.8, 4) is 0 Å². The van der Waals surface area contributed by atoms with Gasteiger partial charge in [0.2, 0.25) is 0 Å². The molecule has 2 fully saturated rings. The molecule has 0 bridgehead atoms. The number of carbonyl (C=O) groups excluding carboxylic acids is 1. The zero-order chi connectivity index (χ0) is 27.8. The molecule has 9 nitrogen and oxygen atoms in total. The van der Waals surface area contributed by atoms with E-state index in [1.807, 2.05) is 44.6 Å². The molecule has 0 aliphatic carbocycles. The van der Waals surface area contributed by atoms with Gasteiger partial charge in [0.1, 0.15) is 23.2 Å². The normalized spacial score (nSPS) is 22.4. The van der Waals surface area contributed by atoms with Gasteiger partial charge in [0, 0.05) is 34.5 Å². The molecule has 11 heteroatoms. The Morgan fingerprint density at radius 2 is 2.10 bits per heavy atom. The SMILES string of the molecule is CC(C)(C)OC(=O)N1CCOC(C)(c2coc(CCCc3c(Cl)cc4c(cnn4C4CCCCO4)c3Br)n2)C1. The fourth-order valence-electron chi connectivity index (χ4n) is 5.13. The largest absolute Gasteiger partial charge is 0.449 e. The molecule has 1 aromatic carbocycles. The maximum Gasteiger partial charge on any atom is 0.410 e. The second kappa shape index (κ2) is 11.4. The molecule has 2 saturated heterocycles. The van der Waals surface area contributed by atoms with Crippen LogP contribution < -0.4 is 0 Å². The van der Waals surface area contributed by atoms with E-state index in [1.54, 1.807) is 11.2 Å². The number of hydrogen-bond donors (Lipinski definition) is 0. The first kappa shape index (κ1) is 28.4. The average Bonchev–Trinajstić information content (AvgIpc) is 3.54. The van der Waals surface area contributed by atoms with E-state index in [1.165, 1.54) is 0 Å². The van der Waals surface area contributed by atoms with Crippen molar-refractivity contribution in [2.75, 3.05) is 26.3 Å². The van der Waals surface area contributed by atoms with E-state index < -0.39 is 11.2 Å². The van der Waals surface area contributed by atoms with E-state index in [9.17, 15) is 4.79 Å². The second-order valence-electron chi connectivity index (χ2n) is 11.5. The number of aromatic nitrogens is 3. The standard InChI is InChI=1S/C28H36BrClN4O5/c1-27(2,3)39-26(35)33-11-13-38-28(4,17-33)22-16-37-23(32-22)9-7-8-18-20(30)14-21-19(25(18)29)15-31-34(21)24-10-5-6-12-36-24/h14-16,24H,5-13,17H2,1-4H3. The Morgan fingerprint density at radius 1 is 1.28 bits per heavy atom. The van der Waals surface area contributed by atoms with Crippen LogP contribution in [0.5, 0.6) is 0 Å². The van der Waals surface area contributed by atoms with Crippen LogP contribution in [0.1, 0.15) is 76.8 Å². The Balaban J connectivity index is 1.23. The van der Waals surface area contributed by atoms with E-state index in [-0.39, 0.29) is 12.3 Å². The lowest BCUT2D eigenvalue weighted by atomic mass is 10.0. The molecule has 2 unspecified atom stereocenters. The number of rotatable bonds is 6. The fraction of sp³-hybridized carbons (Fsp3) is 0.607. The summed E-state index contributed by atoms with van der Waals surface area (Å²) in [5.41, 5.74) is 1.36. The van der Waals surface area contributed by atoms with Crippen LogP contribution in [0.4, 0.5) is 4.79 Å². The molecule has 2 aliphatic heterocycles. The lowest BCUT2D eigenvalue weighted by Crippen LogP contribution is -2.51. The first-order valence-electron chi connectivity index (χ1n) is 13.6. The highest BCUT2D eigenvalue weighted by molar-refractivity contribution is 9.10. The Labute approximate surface area is 242 Å². The van der Waals surface area contributed by atoms with Crippen LogP contribution >= 0.6 is 27.5 Å². The highest BCUT2D eigenvalue weighted by Gasteiger charge is 2.39. The number of hydrogen-bond acceptors (Lipinski definition) is 7. The molecule has 3 aromatic rings. The Hall–Kier alpha value is -2.14. The predicted molar refractivity (Wildman–Crippen MR) is 151 cm³/mol. The summed E-state index contributed by atoms with van der Waals surface area (Å²) in [4.78, 5) is 19.0. The summed E-state index contributed by atoms with van der Waals surface area (Å²) in [6, 6.07) is 1.99. The molecule has 0 radical (unpaired) electrons. The molecule has 2 atom stereocenters. The van der Waals surface area contributed by atoms with Crippen LogP contribution in [0.2, 0.25) is 5.02 Å². The van der Waals surface area contributed by atoms with Crippen LogP contribution in [-0.4, -0.2) is 57.7 Å². The van der Waals surface area contributed by atoms with Crippen molar-refractivity contribution >= 4 is 44.5 Å². The van der Waals surface area contributed by atoms with Gasteiger partial charge < -0.3 is 23.5 Å². The van der Waals surface area contributed by atoms with E-state index in [2.05, 4.69) is 21.0 Å². The summed E-state index contributed by atoms with van der Waals surface area (Å²) in [5, 5.41) is 6.34. The minimum atomic E-state index is -0.767. The lowest BCUT2D eigenvalue weighted by Gasteiger charge is -2.39. The van der Waals surface area contributed by atoms with E-state index in [0.717, 1.165) is 59.7 Å². The maximum atomic E-state index is 12.6. The molecule has 1 amide bonds. The van der Waals surface area contributed by atoms with Crippen molar-refractivity contribution in [1.82, 2.24) is 19.7 Å². The summed E-state index contributed by atoms with van der Waals surface area (Å²) >= 11 is 10.5. The summed E-state index contributed by atoms with van der Waals surface area (Å²) in [7, 11) is 0. The molecule has 4 heterocycles. The van der Waals surface area contributed by atoms with Gasteiger partial charge in [-0.3, -0.25) is 0 Å². The highest BCUT2D eigenvalue weighted by Crippen LogP contribution is 2.37. The zero-order valence-electron chi connectivity index (χ0n) is 23.0. The topological polar surface area (TPSA) is 91.8 Å². The van der Waals surface area contributed by atoms with Crippen LogP contribution in [-0.2, 0) is 32.7 Å². The number of aryl methyl sites for hydroxylation is 1. The third kappa shape index (κ3) is 6.29. The molecule has 5 rings (SSSR count). The number of morpholine rings is 1. The number of benzene rings is 1. The number of nitrogens with zero attached hydrogens (tertiary/aromatic N) is 4. The smallest absolute Gasteiger partial charge is 0.410 e. The second-order valence-corrected chi connectivity index (χ2v) is 12.7. The summed E-state index contributed by atoms with van der Waals surface area (Å²) in [6.07, 6.45) is 8.48. The number of halogens is 2. The molecule has 0 saturated carbocycles. The first-order chi connectivity index (χ1) is 18.5. The maximum absolute atomic E-state index is 12.6. The summed E-state index contributed by atoms with van der Waals surface area (Å²) in [6.45, 7) is 9.48.